The number of hydrogen-bond acceptors (Lipinski definition) is 6. The molecule has 0 heterocycles. The Kier molecular flexibility index (Phi) is 7.76. The van der Waals surface area contributed by atoms with Crippen molar-refractivity contribution in [3.63, 3.8) is 0 Å². The molecule has 0 aliphatic heterocycles. The molecule has 1 amide bonds. The maximum Gasteiger partial charge on any atom is 0.410 e. The average molecular weight is 421 g/mol. The highest BCUT2D eigenvalue weighted by Gasteiger charge is 2.34. The van der Waals surface area contributed by atoms with Crippen molar-refractivity contribution in [1.82, 2.24) is 4.90 Å². The predicted molar refractivity (Wildman–Crippen MR) is 112 cm³/mol. The molecule has 2 aliphatic carbocycles. The quantitative estimate of drug-likeness (QED) is 0.444. The first-order valence-electron chi connectivity index (χ1n) is 10.9. The van der Waals surface area contributed by atoms with E-state index in [1.807, 2.05) is 4.90 Å². The Balaban J connectivity index is 1.78. The van der Waals surface area contributed by atoms with Crippen LogP contribution in [0.25, 0.3) is 0 Å². The third-order valence-corrected chi connectivity index (χ3v) is 6.28. The minimum atomic E-state index is -0.495. The SMILES string of the molecule is COc1cc(COC(=O)N(C2CCCCC2)C2CCCCC2)c([N+](=O)[O-])cc1OC. The molecular formula is C22H32N2O6. The second kappa shape index (κ2) is 10.5. The molecular weight excluding hydrogens is 388 g/mol. The van der Waals surface area contributed by atoms with E-state index in [9.17, 15) is 14.9 Å². The van der Waals surface area contributed by atoms with Gasteiger partial charge in [0.1, 0.15) is 6.61 Å². The molecule has 0 saturated heterocycles. The molecule has 2 saturated carbocycles. The number of nitro benzene ring substituents is 1. The molecule has 0 radical (unpaired) electrons. The van der Waals surface area contributed by atoms with E-state index in [1.165, 1.54) is 39.2 Å². The molecule has 3 rings (SSSR count). The van der Waals surface area contributed by atoms with E-state index in [0.717, 1.165) is 51.4 Å². The number of ether oxygens (including phenoxy) is 3. The van der Waals surface area contributed by atoms with Crippen LogP contribution >= 0.6 is 0 Å². The Morgan fingerprint density at radius 3 is 1.93 bits per heavy atom. The number of amides is 1. The lowest BCUT2D eigenvalue weighted by molar-refractivity contribution is -0.385. The number of nitro groups is 1. The summed E-state index contributed by atoms with van der Waals surface area (Å²) in [5.41, 5.74) is 0.139. The monoisotopic (exact) mass is 420 g/mol. The van der Waals surface area contributed by atoms with Gasteiger partial charge in [-0.15, -0.1) is 0 Å². The third kappa shape index (κ3) is 5.15. The second-order valence-corrected chi connectivity index (χ2v) is 8.14. The van der Waals surface area contributed by atoms with Gasteiger partial charge in [-0.1, -0.05) is 38.5 Å². The number of carbonyl (C=O) groups excluding carboxylic acids is 1. The lowest BCUT2D eigenvalue weighted by Gasteiger charge is -2.40. The Bertz CT molecular complexity index is 723. The van der Waals surface area contributed by atoms with Crippen LogP contribution in [0.4, 0.5) is 10.5 Å². The zero-order chi connectivity index (χ0) is 21.5. The molecule has 0 atom stereocenters. The van der Waals surface area contributed by atoms with Gasteiger partial charge in [0.2, 0.25) is 0 Å². The smallest absolute Gasteiger partial charge is 0.410 e. The molecule has 0 bridgehead atoms. The summed E-state index contributed by atoms with van der Waals surface area (Å²) in [4.78, 5) is 26.1. The fourth-order valence-electron chi connectivity index (χ4n) is 4.72. The number of hydrogen-bond donors (Lipinski definition) is 0. The normalized spacial score (nSPS) is 17.9. The molecule has 0 aromatic heterocycles. The first kappa shape index (κ1) is 22.2. The number of benzene rings is 1. The molecule has 166 valence electrons. The minimum Gasteiger partial charge on any atom is -0.493 e. The van der Waals surface area contributed by atoms with Gasteiger partial charge in [0.25, 0.3) is 5.69 Å². The lowest BCUT2D eigenvalue weighted by atomic mass is 9.89. The number of rotatable bonds is 7. The van der Waals surface area contributed by atoms with E-state index in [2.05, 4.69) is 0 Å². The highest BCUT2D eigenvalue weighted by atomic mass is 16.6. The summed E-state index contributed by atoms with van der Waals surface area (Å²) < 4.78 is 16.1. The van der Waals surface area contributed by atoms with Gasteiger partial charge in [-0.25, -0.2) is 4.79 Å². The number of nitrogens with zero attached hydrogens (tertiary/aromatic N) is 2. The van der Waals surface area contributed by atoms with Crippen LogP contribution in [0.3, 0.4) is 0 Å². The molecule has 2 fully saturated rings. The van der Waals surface area contributed by atoms with Crippen LogP contribution in [0.2, 0.25) is 0 Å². The van der Waals surface area contributed by atoms with Crippen molar-refractivity contribution in [2.24, 2.45) is 0 Å². The summed E-state index contributed by atoms with van der Waals surface area (Å²) in [5.74, 6) is 0.635. The van der Waals surface area contributed by atoms with Crippen molar-refractivity contribution in [1.29, 1.82) is 0 Å². The van der Waals surface area contributed by atoms with Crippen LogP contribution < -0.4 is 9.47 Å². The number of carbonyl (C=O) groups is 1. The van der Waals surface area contributed by atoms with E-state index in [1.54, 1.807) is 0 Å². The minimum absolute atomic E-state index is 0.151. The maximum absolute atomic E-state index is 13.2. The van der Waals surface area contributed by atoms with Gasteiger partial charge in [-0.3, -0.25) is 10.1 Å². The first-order chi connectivity index (χ1) is 14.5. The summed E-state index contributed by atoms with van der Waals surface area (Å²) in [6, 6.07) is 3.22. The molecule has 1 aromatic rings. The predicted octanol–water partition coefficient (Wildman–Crippen LogP) is 5.22. The van der Waals surface area contributed by atoms with Gasteiger partial charge in [0.15, 0.2) is 11.5 Å². The van der Waals surface area contributed by atoms with Crippen LogP contribution in [0.1, 0.15) is 69.8 Å². The summed E-state index contributed by atoms with van der Waals surface area (Å²) in [7, 11) is 2.89. The maximum atomic E-state index is 13.2. The zero-order valence-corrected chi connectivity index (χ0v) is 17.9. The van der Waals surface area contributed by atoms with Crippen LogP contribution in [0.15, 0.2) is 12.1 Å². The largest absolute Gasteiger partial charge is 0.493 e. The molecule has 1 aromatic carbocycles. The summed E-state index contributed by atoms with van der Waals surface area (Å²) >= 11 is 0. The first-order valence-corrected chi connectivity index (χ1v) is 10.9. The standard InChI is InChI=1S/C22H32N2O6/c1-28-20-13-16(19(24(26)27)14-21(20)29-2)15-30-22(25)23(17-9-5-3-6-10-17)18-11-7-4-8-12-18/h13-14,17-18H,3-12,15H2,1-2H3. The lowest BCUT2D eigenvalue weighted by Crippen LogP contribution is -2.49. The summed E-state index contributed by atoms with van der Waals surface area (Å²) in [6.45, 7) is -0.175. The third-order valence-electron chi connectivity index (χ3n) is 6.28. The van der Waals surface area contributed by atoms with Crippen molar-refractivity contribution in [3.05, 3.63) is 27.8 Å². The van der Waals surface area contributed by atoms with Crippen molar-refractivity contribution < 1.29 is 23.9 Å². The Morgan fingerprint density at radius 1 is 0.967 bits per heavy atom. The van der Waals surface area contributed by atoms with E-state index in [4.69, 9.17) is 14.2 Å². The van der Waals surface area contributed by atoms with Crippen LogP contribution in [-0.2, 0) is 11.3 Å². The highest BCUT2D eigenvalue weighted by Crippen LogP contribution is 2.35. The van der Waals surface area contributed by atoms with E-state index in [-0.39, 0.29) is 36.2 Å². The Morgan fingerprint density at radius 2 is 1.47 bits per heavy atom. The molecule has 30 heavy (non-hydrogen) atoms. The van der Waals surface area contributed by atoms with Crippen molar-refractivity contribution in [3.8, 4) is 11.5 Å². The second-order valence-electron chi connectivity index (χ2n) is 8.14. The molecule has 0 N–H and O–H groups in total. The van der Waals surface area contributed by atoms with Gasteiger partial charge < -0.3 is 19.1 Å². The van der Waals surface area contributed by atoms with Gasteiger partial charge in [-0.05, 0) is 31.7 Å². The van der Waals surface area contributed by atoms with Gasteiger partial charge in [-0.2, -0.15) is 0 Å². The fraction of sp³-hybridized carbons (Fsp3) is 0.682. The molecule has 2 aliphatic rings. The van der Waals surface area contributed by atoms with Crippen molar-refractivity contribution in [2.45, 2.75) is 82.9 Å². The van der Waals surface area contributed by atoms with Crippen LogP contribution in [-0.4, -0.2) is 42.2 Å². The molecule has 8 heteroatoms. The fourth-order valence-corrected chi connectivity index (χ4v) is 4.72. The topological polar surface area (TPSA) is 91.1 Å². The van der Waals surface area contributed by atoms with E-state index in [0.29, 0.717) is 11.3 Å². The van der Waals surface area contributed by atoms with Gasteiger partial charge in [0, 0.05) is 12.1 Å². The van der Waals surface area contributed by atoms with E-state index < -0.39 is 4.92 Å². The molecule has 0 spiro atoms. The molecule has 8 nitrogen and oxygen atoms in total. The van der Waals surface area contributed by atoms with Gasteiger partial charge in [0.05, 0.1) is 30.8 Å². The average Bonchev–Trinajstić information content (AvgIpc) is 2.78. The number of methoxy groups -OCH3 is 2. The van der Waals surface area contributed by atoms with Crippen LogP contribution in [0, 0.1) is 10.1 Å². The van der Waals surface area contributed by atoms with Crippen molar-refractivity contribution >= 4 is 11.8 Å². The van der Waals surface area contributed by atoms with Gasteiger partial charge >= 0.3 is 6.09 Å². The van der Waals surface area contributed by atoms with Crippen molar-refractivity contribution in [2.75, 3.05) is 14.2 Å². The summed E-state index contributed by atoms with van der Waals surface area (Å²) in [6.07, 6.45) is 10.6. The van der Waals surface area contributed by atoms with Crippen LogP contribution in [0.5, 0.6) is 11.5 Å². The Labute approximate surface area is 177 Å². The molecule has 0 unspecified atom stereocenters. The summed E-state index contributed by atoms with van der Waals surface area (Å²) in [5, 5.41) is 11.5. The van der Waals surface area contributed by atoms with E-state index >= 15 is 0 Å². The zero-order valence-electron chi connectivity index (χ0n) is 17.9. The Hall–Kier alpha value is -2.51. The highest BCUT2D eigenvalue weighted by molar-refractivity contribution is 5.69.